The molecule has 2 N–H and O–H groups in total. The van der Waals surface area contributed by atoms with E-state index >= 15 is 0 Å². The van der Waals surface area contributed by atoms with Gasteiger partial charge in [-0.05, 0) is 40.2 Å². The number of nitrogens with two attached hydrogens (primary N) is 1. The van der Waals surface area contributed by atoms with Crippen molar-refractivity contribution in [2.24, 2.45) is 5.73 Å². The smallest absolute Gasteiger partial charge is 0.236 e. The van der Waals surface area contributed by atoms with Gasteiger partial charge in [0.15, 0.2) is 0 Å². The maximum Gasteiger partial charge on any atom is 0.236 e. The summed E-state index contributed by atoms with van der Waals surface area (Å²) in [6.45, 7) is 9.25. The highest BCUT2D eigenvalue weighted by Crippen LogP contribution is 2.18. The van der Waals surface area contributed by atoms with E-state index in [9.17, 15) is 4.79 Å². The van der Waals surface area contributed by atoms with Crippen LogP contribution in [0.15, 0.2) is 0 Å². The molecule has 1 aliphatic rings. The molecule has 0 bridgehead atoms. The molecule has 1 fully saturated rings. The zero-order valence-electron chi connectivity index (χ0n) is 11.9. The zero-order chi connectivity index (χ0) is 12.8. The van der Waals surface area contributed by atoms with Crippen LogP contribution < -0.4 is 5.73 Å². The molecule has 4 nitrogen and oxygen atoms in total. The van der Waals surface area contributed by atoms with Crippen LogP contribution in [-0.2, 0) is 4.79 Å². The summed E-state index contributed by atoms with van der Waals surface area (Å²) in [5, 5.41) is 0. The lowest BCUT2D eigenvalue weighted by Gasteiger charge is -2.38. The highest BCUT2D eigenvalue weighted by molar-refractivity contribution is 5.85. The first-order chi connectivity index (χ1) is 8.10. The molecule has 18 heavy (non-hydrogen) atoms. The van der Waals surface area contributed by atoms with Crippen molar-refractivity contribution in [1.82, 2.24) is 9.80 Å². The van der Waals surface area contributed by atoms with Crippen LogP contribution >= 0.6 is 12.4 Å². The number of likely N-dealkylation sites (tertiary alicyclic amines) is 1. The van der Waals surface area contributed by atoms with Crippen LogP contribution in [0.2, 0.25) is 0 Å². The molecule has 2 atom stereocenters. The van der Waals surface area contributed by atoms with Crippen LogP contribution in [0.1, 0.15) is 40.0 Å². The second kappa shape index (κ2) is 8.73. The van der Waals surface area contributed by atoms with Crippen LogP contribution in [0.25, 0.3) is 0 Å². The van der Waals surface area contributed by atoms with E-state index in [1.807, 2.05) is 25.7 Å². The first-order valence-corrected chi connectivity index (χ1v) is 6.87. The van der Waals surface area contributed by atoms with Gasteiger partial charge in [-0.25, -0.2) is 0 Å². The molecular weight excluding hydrogens is 250 g/mol. The predicted molar refractivity (Wildman–Crippen MR) is 78.0 cm³/mol. The van der Waals surface area contributed by atoms with E-state index in [0.29, 0.717) is 12.6 Å². The van der Waals surface area contributed by atoms with E-state index in [4.69, 9.17) is 5.73 Å². The van der Waals surface area contributed by atoms with E-state index < -0.39 is 0 Å². The number of halogens is 1. The molecule has 0 aliphatic carbocycles. The molecule has 1 aliphatic heterocycles. The first kappa shape index (κ1) is 17.7. The van der Waals surface area contributed by atoms with Gasteiger partial charge in [0.2, 0.25) is 5.91 Å². The average molecular weight is 278 g/mol. The summed E-state index contributed by atoms with van der Waals surface area (Å²) in [5.41, 5.74) is 6.01. The second-order valence-corrected chi connectivity index (χ2v) is 4.96. The van der Waals surface area contributed by atoms with Gasteiger partial charge in [0.1, 0.15) is 0 Å². The number of carbonyl (C=O) groups excluding carboxylic acids is 1. The SMILES string of the molecule is CCN(CC)C(=O)CN1CCCCC1C(C)N.Cl. The van der Waals surface area contributed by atoms with E-state index in [0.717, 1.165) is 26.1 Å². The highest BCUT2D eigenvalue weighted by Gasteiger charge is 2.27. The van der Waals surface area contributed by atoms with Gasteiger partial charge in [0.25, 0.3) is 0 Å². The fourth-order valence-electron chi connectivity index (χ4n) is 2.66. The Labute approximate surface area is 117 Å². The van der Waals surface area contributed by atoms with Crippen LogP contribution in [0.5, 0.6) is 0 Å². The largest absolute Gasteiger partial charge is 0.342 e. The lowest BCUT2D eigenvalue weighted by Crippen LogP contribution is -2.52. The van der Waals surface area contributed by atoms with Crippen LogP contribution in [-0.4, -0.2) is 54.0 Å². The molecule has 1 amide bonds. The van der Waals surface area contributed by atoms with E-state index in [-0.39, 0.29) is 24.4 Å². The summed E-state index contributed by atoms with van der Waals surface area (Å²) in [4.78, 5) is 16.3. The molecule has 1 saturated heterocycles. The van der Waals surface area contributed by atoms with Gasteiger partial charge < -0.3 is 10.6 Å². The molecule has 0 aromatic rings. The summed E-state index contributed by atoms with van der Waals surface area (Å²) in [6.07, 6.45) is 3.56. The number of rotatable bonds is 5. The third-order valence-electron chi connectivity index (χ3n) is 3.73. The zero-order valence-corrected chi connectivity index (χ0v) is 12.7. The van der Waals surface area contributed by atoms with Gasteiger partial charge in [-0.2, -0.15) is 0 Å². The van der Waals surface area contributed by atoms with Crippen molar-refractivity contribution >= 4 is 18.3 Å². The first-order valence-electron chi connectivity index (χ1n) is 6.87. The molecular formula is C13H28ClN3O. The van der Waals surface area contributed by atoms with E-state index in [1.54, 1.807) is 0 Å². The maximum absolute atomic E-state index is 12.1. The molecule has 1 heterocycles. The van der Waals surface area contributed by atoms with Crippen LogP contribution in [0, 0.1) is 0 Å². The Morgan fingerprint density at radius 1 is 1.39 bits per heavy atom. The third kappa shape index (κ3) is 4.75. The Balaban J connectivity index is 0.00000289. The number of amides is 1. The van der Waals surface area contributed by atoms with Crippen molar-refractivity contribution in [2.45, 2.75) is 52.1 Å². The number of nitrogens with zero attached hydrogens (tertiary/aromatic N) is 2. The van der Waals surface area contributed by atoms with Gasteiger partial charge in [-0.1, -0.05) is 6.42 Å². The summed E-state index contributed by atoms with van der Waals surface area (Å²) in [6, 6.07) is 0.531. The number of carbonyl (C=O) groups is 1. The van der Waals surface area contributed by atoms with Crippen molar-refractivity contribution in [3.05, 3.63) is 0 Å². The topological polar surface area (TPSA) is 49.6 Å². The Bertz CT molecular complexity index is 244. The quantitative estimate of drug-likeness (QED) is 0.828. The number of hydrogen-bond acceptors (Lipinski definition) is 3. The van der Waals surface area contributed by atoms with Crippen molar-refractivity contribution < 1.29 is 4.79 Å². The van der Waals surface area contributed by atoms with Gasteiger partial charge in [0, 0.05) is 25.2 Å². The molecule has 0 saturated carbocycles. The van der Waals surface area contributed by atoms with Crippen LogP contribution in [0.4, 0.5) is 0 Å². The summed E-state index contributed by atoms with van der Waals surface area (Å²) in [5.74, 6) is 0.238. The molecule has 2 unspecified atom stereocenters. The molecule has 0 radical (unpaired) electrons. The molecule has 5 heteroatoms. The van der Waals surface area contributed by atoms with Crippen LogP contribution in [0.3, 0.4) is 0 Å². The summed E-state index contributed by atoms with van der Waals surface area (Å²) < 4.78 is 0. The second-order valence-electron chi connectivity index (χ2n) is 4.96. The summed E-state index contributed by atoms with van der Waals surface area (Å²) in [7, 11) is 0. The average Bonchev–Trinajstić information content (AvgIpc) is 2.31. The maximum atomic E-state index is 12.1. The lowest BCUT2D eigenvalue weighted by molar-refractivity contribution is -0.133. The standard InChI is InChI=1S/C13H27N3O.ClH/c1-4-15(5-2)13(17)10-16-9-7-6-8-12(16)11(3)14;/h11-12H,4-10,14H2,1-3H3;1H. The number of likely N-dealkylation sites (N-methyl/N-ethyl adjacent to an activating group) is 1. The molecule has 0 aromatic heterocycles. The highest BCUT2D eigenvalue weighted by atomic mass is 35.5. The minimum atomic E-state index is 0. The normalized spacial score (nSPS) is 22.1. The number of piperidine rings is 1. The van der Waals surface area contributed by atoms with Crippen molar-refractivity contribution in [1.29, 1.82) is 0 Å². The Hall–Kier alpha value is -0.320. The Morgan fingerprint density at radius 2 is 2.00 bits per heavy atom. The minimum Gasteiger partial charge on any atom is -0.342 e. The number of hydrogen-bond donors (Lipinski definition) is 1. The van der Waals surface area contributed by atoms with Gasteiger partial charge in [-0.15, -0.1) is 12.4 Å². The van der Waals surface area contributed by atoms with Gasteiger partial charge in [-0.3, -0.25) is 9.69 Å². The fourth-order valence-corrected chi connectivity index (χ4v) is 2.66. The third-order valence-corrected chi connectivity index (χ3v) is 3.73. The lowest BCUT2D eigenvalue weighted by atomic mass is 9.97. The monoisotopic (exact) mass is 277 g/mol. The molecule has 0 aromatic carbocycles. The van der Waals surface area contributed by atoms with Gasteiger partial charge in [0.05, 0.1) is 6.54 Å². The van der Waals surface area contributed by atoms with Crippen molar-refractivity contribution in [3.63, 3.8) is 0 Å². The Kier molecular flexibility index (Phi) is 8.57. The van der Waals surface area contributed by atoms with E-state index in [1.165, 1.54) is 12.8 Å². The predicted octanol–water partition coefficient (Wildman–Crippen LogP) is 1.48. The minimum absolute atomic E-state index is 0. The fraction of sp³-hybridized carbons (Fsp3) is 0.923. The van der Waals surface area contributed by atoms with E-state index in [2.05, 4.69) is 4.90 Å². The van der Waals surface area contributed by atoms with Crippen molar-refractivity contribution in [2.75, 3.05) is 26.2 Å². The molecule has 1 rings (SSSR count). The van der Waals surface area contributed by atoms with Gasteiger partial charge >= 0.3 is 0 Å². The summed E-state index contributed by atoms with van der Waals surface area (Å²) >= 11 is 0. The van der Waals surface area contributed by atoms with Crippen molar-refractivity contribution in [3.8, 4) is 0 Å². The Morgan fingerprint density at radius 3 is 2.50 bits per heavy atom. The molecule has 0 spiro atoms. The molecule has 108 valence electrons.